The van der Waals surface area contributed by atoms with E-state index in [2.05, 4.69) is 16.5 Å². The van der Waals surface area contributed by atoms with E-state index in [0.717, 1.165) is 0 Å². The van der Waals surface area contributed by atoms with Crippen molar-refractivity contribution in [3.8, 4) is 6.07 Å². The minimum atomic E-state index is -1.35. The van der Waals surface area contributed by atoms with Gasteiger partial charge >= 0.3 is 5.97 Å². The van der Waals surface area contributed by atoms with Crippen molar-refractivity contribution in [1.29, 1.82) is 5.26 Å². The summed E-state index contributed by atoms with van der Waals surface area (Å²) in [4.78, 5) is 11.8. The van der Waals surface area contributed by atoms with Crippen molar-refractivity contribution in [3.63, 3.8) is 0 Å². The summed E-state index contributed by atoms with van der Waals surface area (Å²) in [5.74, 6) is -0.639. The first-order valence-corrected chi connectivity index (χ1v) is 6.41. The second-order valence-corrected chi connectivity index (χ2v) is 4.97. The summed E-state index contributed by atoms with van der Waals surface area (Å²) < 4.78 is 1.48. The number of rotatable bonds is 4. The van der Waals surface area contributed by atoms with E-state index in [-0.39, 0.29) is 0 Å². The van der Waals surface area contributed by atoms with Crippen molar-refractivity contribution < 1.29 is 9.90 Å². The fourth-order valence-electron chi connectivity index (χ4n) is 2.19. The predicted octanol–water partition coefficient (Wildman–Crippen LogP) is 2.01. The molecule has 0 aliphatic heterocycles. The second-order valence-electron chi connectivity index (χ2n) is 4.97. The second kappa shape index (κ2) is 5.29. The molecule has 108 valence electrons. The quantitative estimate of drug-likeness (QED) is 0.896. The fraction of sp³-hybridized carbons (Fsp3) is 0.267. The summed E-state index contributed by atoms with van der Waals surface area (Å²) in [6.07, 6.45) is 0. The molecule has 0 bridgehead atoms. The lowest BCUT2D eigenvalue weighted by atomic mass is 9.92. The van der Waals surface area contributed by atoms with Crippen molar-refractivity contribution in [2.45, 2.75) is 19.4 Å². The number of aromatic nitrogens is 2. The Labute approximate surface area is 122 Å². The Kier molecular flexibility index (Phi) is 3.68. The van der Waals surface area contributed by atoms with Gasteiger partial charge in [0.1, 0.15) is 17.5 Å². The molecule has 1 atom stereocenters. The average Bonchev–Trinajstić information content (AvgIpc) is 2.73. The van der Waals surface area contributed by atoms with Crippen molar-refractivity contribution in [2.75, 3.05) is 5.32 Å². The monoisotopic (exact) mass is 284 g/mol. The molecule has 2 rings (SSSR count). The van der Waals surface area contributed by atoms with Crippen LogP contribution >= 0.6 is 0 Å². The van der Waals surface area contributed by atoms with Gasteiger partial charge in [-0.1, -0.05) is 30.3 Å². The third-order valence-corrected chi connectivity index (χ3v) is 3.48. The Morgan fingerprint density at radius 2 is 2.05 bits per heavy atom. The highest BCUT2D eigenvalue weighted by Crippen LogP contribution is 2.29. The number of carboxylic acid groups (broad SMARTS) is 1. The highest BCUT2D eigenvalue weighted by atomic mass is 16.4. The number of anilines is 1. The molecular weight excluding hydrogens is 268 g/mol. The molecule has 1 aromatic heterocycles. The lowest BCUT2D eigenvalue weighted by Gasteiger charge is -2.28. The molecule has 6 heteroatoms. The van der Waals surface area contributed by atoms with Crippen LogP contribution < -0.4 is 5.32 Å². The topological polar surface area (TPSA) is 90.9 Å². The van der Waals surface area contributed by atoms with Gasteiger partial charge in [-0.15, -0.1) is 0 Å². The van der Waals surface area contributed by atoms with E-state index in [1.807, 2.05) is 6.07 Å². The molecule has 6 nitrogen and oxygen atoms in total. The molecule has 0 fully saturated rings. The van der Waals surface area contributed by atoms with Gasteiger partial charge in [0.25, 0.3) is 0 Å². The molecule has 0 spiro atoms. The van der Waals surface area contributed by atoms with E-state index in [1.165, 1.54) is 4.68 Å². The lowest BCUT2D eigenvalue weighted by Crippen LogP contribution is -2.41. The van der Waals surface area contributed by atoms with Gasteiger partial charge in [0, 0.05) is 7.05 Å². The minimum Gasteiger partial charge on any atom is -0.479 e. The summed E-state index contributed by atoms with van der Waals surface area (Å²) in [6.45, 7) is 3.28. The van der Waals surface area contributed by atoms with E-state index in [0.29, 0.717) is 22.6 Å². The number of carbonyl (C=O) groups is 1. The summed E-state index contributed by atoms with van der Waals surface area (Å²) in [5.41, 5.74) is 0.150. The predicted molar refractivity (Wildman–Crippen MR) is 77.7 cm³/mol. The summed E-state index contributed by atoms with van der Waals surface area (Å²) in [6, 6.07) is 10.9. The van der Waals surface area contributed by atoms with Crippen LogP contribution in [0.5, 0.6) is 0 Å². The number of nitriles is 1. The zero-order chi connectivity index (χ0) is 15.6. The van der Waals surface area contributed by atoms with Gasteiger partial charge < -0.3 is 10.4 Å². The van der Waals surface area contributed by atoms with Crippen molar-refractivity contribution >= 4 is 11.8 Å². The third-order valence-electron chi connectivity index (χ3n) is 3.48. The Bertz CT molecular complexity index is 715. The van der Waals surface area contributed by atoms with Gasteiger partial charge in [-0.2, -0.15) is 10.4 Å². The first kappa shape index (κ1) is 14.6. The van der Waals surface area contributed by atoms with E-state index in [1.54, 1.807) is 45.2 Å². The van der Waals surface area contributed by atoms with E-state index < -0.39 is 11.5 Å². The van der Waals surface area contributed by atoms with Crippen LogP contribution in [0.15, 0.2) is 30.3 Å². The molecule has 1 aromatic carbocycles. The molecule has 2 N–H and O–H groups in total. The zero-order valence-corrected chi connectivity index (χ0v) is 12.1. The van der Waals surface area contributed by atoms with Crippen molar-refractivity contribution in [2.24, 2.45) is 7.05 Å². The van der Waals surface area contributed by atoms with Crippen LogP contribution in [0.2, 0.25) is 0 Å². The van der Waals surface area contributed by atoms with Crippen LogP contribution in [-0.2, 0) is 17.4 Å². The van der Waals surface area contributed by atoms with Gasteiger partial charge in [0.05, 0.1) is 5.69 Å². The SMILES string of the molecule is Cc1nn(C)c(NC(C)(C(=O)O)c2ccccc2)c1C#N. The van der Waals surface area contributed by atoms with E-state index in [9.17, 15) is 15.2 Å². The molecule has 0 amide bonds. The highest BCUT2D eigenvalue weighted by molar-refractivity contribution is 5.84. The van der Waals surface area contributed by atoms with Crippen LogP contribution in [0.1, 0.15) is 23.7 Å². The van der Waals surface area contributed by atoms with Crippen LogP contribution in [0.4, 0.5) is 5.82 Å². The van der Waals surface area contributed by atoms with Gasteiger partial charge in [-0.05, 0) is 19.4 Å². The smallest absolute Gasteiger partial charge is 0.333 e. The summed E-state index contributed by atoms with van der Waals surface area (Å²) >= 11 is 0. The molecule has 21 heavy (non-hydrogen) atoms. The number of benzene rings is 1. The number of aliphatic carboxylic acids is 1. The Balaban J connectivity index is 2.53. The normalized spacial score (nSPS) is 13.2. The maximum atomic E-state index is 11.8. The molecule has 0 aliphatic rings. The molecule has 2 aromatic rings. The summed E-state index contributed by atoms with van der Waals surface area (Å²) in [5, 5.41) is 26.0. The summed E-state index contributed by atoms with van der Waals surface area (Å²) in [7, 11) is 1.67. The molecule has 1 unspecified atom stereocenters. The highest BCUT2D eigenvalue weighted by Gasteiger charge is 2.36. The van der Waals surface area contributed by atoms with Gasteiger partial charge in [-0.25, -0.2) is 4.79 Å². The van der Waals surface area contributed by atoms with E-state index >= 15 is 0 Å². The molecule has 0 aliphatic carbocycles. The first-order chi connectivity index (χ1) is 9.90. The Morgan fingerprint density at radius 1 is 1.43 bits per heavy atom. The number of nitrogens with one attached hydrogen (secondary N) is 1. The molecule has 1 heterocycles. The minimum absolute atomic E-state index is 0.348. The Hall–Kier alpha value is -2.81. The van der Waals surface area contributed by atoms with Crippen LogP contribution in [0.3, 0.4) is 0 Å². The van der Waals surface area contributed by atoms with Crippen molar-refractivity contribution in [1.82, 2.24) is 9.78 Å². The van der Waals surface area contributed by atoms with Gasteiger partial charge in [0.2, 0.25) is 0 Å². The number of aryl methyl sites for hydroxylation is 2. The fourth-order valence-corrected chi connectivity index (χ4v) is 2.19. The zero-order valence-electron chi connectivity index (χ0n) is 12.1. The standard InChI is InChI=1S/C15H16N4O2/c1-10-12(9-16)13(19(3)18-10)17-15(2,14(20)21)11-7-5-4-6-8-11/h4-8,17H,1-3H3,(H,20,21). The van der Waals surface area contributed by atoms with Gasteiger partial charge in [-0.3, -0.25) is 4.68 Å². The number of carboxylic acids is 1. The first-order valence-electron chi connectivity index (χ1n) is 6.41. The van der Waals surface area contributed by atoms with E-state index in [4.69, 9.17) is 0 Å². The molecule has 0 radical (unpaired) electrons. The largest absolute Gasteiger partial charge is 0.479 e. The molecule has 0 saturated carbocycles. The molecule has 0 saturated heterocycles. The maximum Gasteiger partial charge on any atom is 0.333 e. The Morgan fingerprint density at radius 3 is 2.57 bits per heavy atom. The van der Waals surface area contributed by atoms with Crippen LogP contribution in [-0.4, -0.2) is 20.9 Å². The number of nitrogens with zero attached hydrogens (tertiary/aromatic N) is 3. The van der Waals surface area contributed by atoms with Crippen molar-refractivity contribution in [3.05, 3.63) is 47.2 Å². The third kappa shape index (κ3) is 2.46. The number of hydrogen-bond donors (Lipinski definition) is 2. The molecular formula is C15H16N4O2. The maximum absolute atomic E-state index is 11.8. The average molecular weight is 284 g/mol. The lowest BCUT2D eigenvalue weighted by molar-refractivity contribution is -0.142. The number of hydrogen-bond acceptors (Lipinski definition) is 4. The van der Waals surface area contributed by atoms with Gasteiger partial charge in [0.15, 0.2) is 5.54 Å². The van der Waals surface area contributed by atoms with Crippen LogP contribution in [0, 0.1) is 18.3 Å². The van der Waals surface area contributed by atoms with Crippen LogP contribution in [0.25, 0.3) is 0 Å².